The number of aromatic nitrogens is 1. The van der Waals surface area contributed by atoms with E-state index in [4.69, 9.17) is 5.73 Å². The molecule has 0 saturated heterocycles. The van der Waals surface area contributed by atoms with Crippen molar-refractivity contribution in [3.05, 3.63) is 18.3 Å². The van der Waals surface area contributed by atoms with Gasteiger partial charge in [-0.3, -0.25) is 9.59 Å². The Morgan fingerprint density at radius 2 is 2.11 bits per heavy atom. The van der Waals surface area contributed by atoms with Gasteiger partial charge in [-0.1, -0.05) is 0 Å². The first kappa shape index (κ1) is 14.7. The molecule has 1 aromatic heterocycles. The Labute approximate surface area is 111 Å². The molecule has 104 valence electrons. The number of amides is 1. The number of ether oxygens (including phenoxy) is 1. The summed E-state index contributed by atoms with van der Waals surface area (Å²) in [6, 6.07) is 3.50. The number of nitrogens with one attached hydrogen (secondary N) is 2. The molecule has 7 heteroatoms. The number of nitrogens with two attached hydrogens (primary N) is 1. The van der Waals surface area contributed by atoms with Gasteiger partial charge in [0.05, 0.1) is 25.4 Å². The third kappa shape index (κ3) is 6.25. The fourth-order valence-electron chi connectivity index (χ4n) is 1.32. The molecule has 0 atom stereocenters. The molecule has 0 aliphatic heterocycles. The molecular weight excluding hydrogens is 248 g/mol. The summed E-state index contributed by atoms with van der Waals surface area (Å²) >= 11 is 0. The Hall–Kier alpha value is -2.31. The Morgan fingerprint density at radius 1 is 1.32 bits per heavy atom. The van der Waals surface area contributed by atoms with Gasteiger partial charge in [-0.05, 0) is 12.1 Å². The topological polar surface area (TPSA) is 106 Å². The average molecular weight is 266 g/mol. The normalized spacial score (nSPS) is 9.74. The van der Waals surface area contributed by atoms with Crippen molar-refractivity contribution in [3.63, 3.8) is 0 Å². The van der Waals surface area contributed by atoms with Crippen molar-refractivity contribution in [2.45, 2.75) is 12.8 Å². The lowest BCUT2D eigenvalue weighted by Crippen LogP contribution is -2.29. The van der Waals surface area contributed by atoms with E-state index in [-0.39, 0.29) is 24.7 Å². The van der Waals surface area contributed by atoms with Crippen LogP contribution in [-0.4, -0.2) is 37.1 Å². The van der Waals surface area contributed by atoms with Crippen LogP contribution in [0.4, 0.5) is 11.5 Å². The third-order valence-corrected chi connectivity index (χ3v) is 2.35. The van der Waals surface area contributed by atoms with Gasteiger partial charge in [0.2, 0.25) is 5.91 Å². The molecule has 0 bridgehead atoms. The zero-order valence-corrected chi connectivity index (χ0v) is 10.8. The van der Waals surface area contributed by atoms with Crippen molar-refractivity contribution >= 4 is 23.4 Å². The summed E-state index contributed by atoms with van der Waals surface area (Å²) in [6.45, 7) is 1.03. The predicted molar refractivity (Wildman–Crippen MR) is 71.4 cm³/mol. The molecule has 0 aromatic carbocycles. The first-order chi connectivity index (χ1) is 9.11. The van der Waals surface area contributed by atoms with Gasteiger partial charge in [0.1, 0.15) is 5.82 Å². The highest BCUT2D eigenvalue weighted by Gasteiger charge is 2.05. The predicted octanol–water partition coefficient (Wildman–Crippen LogP) is 0.145. The molecule has 0 aliphatic rings. The van der Waals surface area contributed by atoms with Crippen molar-refractivity contribution in [2.75, 3.05) is 31.2 Å². The maximum absolute atomic E-state index is 11.3. The Balaban J connectivity index is 2.11. The second kappa shape index (κ2) is 7.91. The number of carbonyl (C=O) groups excluding carboxylic acids is 2. The molecule has 1 heterocycles. The van der Waals surface area contributed by atoms with Crippen LogP contribution < -0.4 is 16.4 Å². The van der Waals surface area contributed by atoms with E-state index in [0.717, 1.165) is 5.69 Å². The summed E-state index contributed by atoms with van der Waals surface area (Å²) in [6.07, 6.45) is 1.85. The molecule has 1 aromatic rings. The monoisotopic (exact) mass is 266 g/mol. The van der Waals surface area contributed by atoms with Crippen molar-refractivity contribution in [3.8, 4) is 0 Å². The van der Waals surface area contributed by atoms with Gasteiger partial charge < -0.3 is 21.1 Å². The quantitative estimate of drug-likeness (QED) is 0.479. The number of pyridine rings is 1. The molecule has 0 unspecified atom stereocenters. The highest BCUT2D eigenvalue weighted by molar-refractivity contribution is 5.81. The molecule has 1 rings (SSSR count). The van der Waals surface area contributed by atoms with Crippen LogP contribution in [0.5, 0.6) is 0 Å². The fourth-order valence-corrected chi connectivity index (χ4v) is 1.32. The summed E-state index contributed by atoms with van der Waals surface area (Å²) in [5, 5.41) is 5.77. The number of hydrogen-bond donors (Lipinski definition) is 3. The van der Waals surface area contributed by atoms with E-state index < -0.39 is 0 Å². The van der Waals surface area contributed by atoms with Crippen LogP contribution in [0, 0.1) is 0 Å². The summed E-state index contributed by atoms with van der Waals surface area (Å²) in [4.78, 5) is 26.1. The lowest BCUT2D eigenvalue weighted by Gasteiger charge is -2.07. The number of hydrogen-bond acceptors (Lipinski definition) is 6. The van der Waals surface area contributed by atoms with Gasteiger partial charge in [0, 0.05) is 19.5 Å². The Morgan fingerprint density at radius 3 is 2.74 bits per heavy atom. The van der Waals surface area contributed by atoms with Gasteiger partial charge in [0.25, 0.3) is 0 Å². The Bertz CT molecular complexity index is 419. The zero-order valence-electron chi connectivity index (χ0n) is 10.8. The maximum Gasteiger partial charge on any atom is 0.306 e. The van der Waals surface area contributed by atoms with Crippen molar-refractivity contribution in [2.24, 2.45) is 0 Å². The molecule has 0 aliphatic carbocycles. The van der Waals surface area contributed by atoms with E-state index in [1.807, 2.05) is 0 Å². The van der Waals surface area contributed by atoms with E-state index in [1.165, 1.54) is 7.11 Å². The van der Waals surface area contributed by atoms with Crippen LogP contribution in [0.2, 0.25) is 0 Å². The van der Waals surface area contributed by atoms with Crippen LogP contribution in [-0.2, 0) is 14.3 Å². The molecule has 4 N–H and O–H groups in total. The van der Waals surface area contributed by atoms with Gasteiger partial charge in [-0.25, -0.2) is 4.98 Å². The number of esters is 1. The van der Waals surface area contributed by atoms with Crippen molar-refractivity contribution in [1.29, 1.82) is 0 Å². The highest BCUT2D eigenvalue weighted by Crippen LogP contribution is 2.05. The van der Waals surface area contributed by atoms with E-state index in [0.29, 0.717) is 18.9 Å². The standard InChI is InChI=1S/C12H18N4O3/c1-19-12(18)5-4-11(17)15-7-6-14-9-2-3-10(13)16-8-9/h2-3,8,14H,4-7H2,1H3,(H2,13,16)(H,15,17). The lowest BCUT2D eigenvalue weighted by molar-refractivity contribution is -0.142. The van der Waals surface area contributed by atoms with E-state index in [1.54, 1.807) is 18.3 Å². The number of anilines is 2. The van der Waals surface area contributed by atoms with Crippen LogP contribution in [0.25, 0.3) is 0 Å². The molecule has 7 nitrogen and oxygen atoms in total. The minimum atomic E-state index is -0.388. The average Bonchev–Trinajstić information content (AvgIpc) is 2.42. The van der Waals surface area contributed by atoms with Crippen molar-refractivity contribution < 1.29 is 14.3 Å². The number of nitrogens with zero attached hydrogens (tertiary/aromatic N) is 1. The molecule has 0 fully saturated rings. The molecule has 0 spiro atoms. The van der Waals surface area contributed by atoms with Crippen molar-refractivity contribution in [1.82, 2.24) is 10.3 Å². The van der Waals surface area contributed by atoms with E-state index >= 15 is 0 Å². The van der Waals surface area contributed by atoms with Crippen LogP contribution in [0.1, 0.15) is 12.8 Å². The van der Waals surface area contributed by atoms with Gasteiger partial charge in [0.15, 0.2) is 0 Å². The van der Waals surface area contributed by atoms with Crippen LogP contribution in [0.15, 0.2) is 18.3 Å². The van der Waals surface area contributed by atoms with E-state index in [9.17, 15) is 9.59 Å². The fraction of sp³-hybridized carbons (Fsp3) is 0.417. The second-order valence-corrected chi connectivity index (χ2v) is 3.82. The molecule has 0 radical (unpaired) electrons. The highest BCUT2D eigenvalue weighted by atomic mass is 16.5. The number of rotatable bonds is 7. The Kier molecular flexibility index (Phi) is 6.14. The minimum absolute atomic E-state index is 0.0949. The number of methoxy groups -OCH3 is 1. The largest absolute Gasteiger partial charge is 0.469 e. The second-order valence-electron chi connectivity index (χ2n) is 3.82. The van der Waals surface area contributed by atoms with Gasteiger partial charge in [-0.2, -0.15) is 0 Å². The zero-order chi connectivity index (χ0) is 14.1. The first-order valence-corrected chi connectivity index (χ1v) is 5.90. The van der Waals surface area contributed by atoms with E-state index in [2.05, 4.69) is 20.4 Å². The lowest BCUT2D eigenvalue weighted by atomic mass is 10.3. The molecule has 0 saturated carbocycles. The first-order valence-electron chi connectivity index (χ1n) is 5.90. The molecule has 1 amide bonds. The summed E-state index contributed by atoms with van der Waals surface area (Å²) in [7, 11) is 1.30. The van der Waals surface area contributed by atoms with Gasteiger partial charge in [-0.15, -0.1) is 0 Å². The number of nitrogen functional groups attached to an aromatic ring is 1. The number of carbonyl (C=O) groups is 2. The minimum Gasteiger partial charge on any atom is -0.469 e. The molecular formula is C12H18N4O3. The smallest absolute Gasteiger partial charge is 0.306 e. The summed E-state index contributed by atoms with van der Waals surface area (Å²) < 4.78 is 4.45. The van der Waals surface area contributed by atoms with Crippen LogP contribution >= 0.6 is 0 Å². The maximum atomic E-state index is 11.3. The van der Waals surface area contributed by atoms with Crippen LogP contribution in [0.3, 0.4) is 0 Å². The summed E-state index contributed by atoms with van der Waals surface area (Å²) in [5.41, 5.74) is 6.29. The molecule has 19 heavy (non-hydrogen) atoms. The summed E-state index contributed by atoms with van der Waals surface area (Å²) in [5.74, 6) is -0.106. The van der Waals surface area contributed by atoms with Gasteiger partial charge >= 0.3 is 5.97 Å². The SMILES string of the molecule is COC(=O)CCC(=O)NCCNc1ccc(N)nc1. The third-order valence-electron chi connectivity index (χ3n) is 2.35.